The van der Waals surface area contributed by atoms with Crippen molar-refractivity contribution >= 4 is 0 Å². The highest BCUT2D eigenvalue weighted by Crippen LogP contribution is 2.26. The van der Waals surface area contributed by atoms with Gasteiger partial charge in [-0.3, -0.25) is 4.90 Å². The first-order valence-corrected chi connectivity index (χ1v) is 6.38. The zero-order valence-corrected chi connectivity index (χ0v) is 11.1. The Labute approximate surface area is 108 Å². The molecule has 1 heterocycles. The summed E-state index contributed by atoms with van der Waals surface area (Å²) in [7, 11) is 1.90. The van der Waals surface area contributed by atoms with Gasteiger partial charge in [0.15, 0.2) is 0 Å². The average molecular weight is 257 g/mol. The van der Waals surface area contributed by atoms with Crippen LogP contribution in [0.4, 0.5) is 8.78 Å². The Balaban J connectivity index is 2.44. The monoisotopic (exact) mass is 257 g/mol. The molecule has 0 unspecified atom stereocenters. The fourth-order valence-electron chi connectivity index (χ4n) is 2.02. The first-order chi connectivity index (χ1) is 8.46. The van der Waals surface area contributed by atoms with Gasteiger partial charge in [0.2, 0.25) is 0 Å². The predicted molar refractivity (Wildman–Crippen MR) is 67.2 cm³/mol. The van der Waals surface area contributed by atoms with Crippen LogP contribution >= 0.6 is 0 Å². The second-order valence-corrected chi connectivity index (χ2v) is 4.83. The second-order valence-electron chi connectivity index (χ2n) is 4.83. The topological polar surface area (TPSA) is 30.3 Å². The lowest BCUT2D eigenvalue weighted by Crippen LogP contribution is -2.42. The summed E-state index contributed by atoms with van der Waals surface area (Å²) in [4.78, 5) is 3.67. The van der Waals surface area contributed by atoms with Gasteiger partial charge in [-0.05, 0) is 26.3 Å². The smallest absolute Gasteiger partial charge is 0.260 e. The van der Waals surface area contributed by atoms with Crippen LogP contribution in [0.15, 0.2) is 11.8 Å². The zero-order chi connectivity index (χ0) is 13.6. The van der Waals surface area contributed by atoms with E-state index in [1.807, 2.05) is 18.9 Å². The Hall–Kier alpha value is -1.15. The molecule has 1 aliphatic rings. The van der Waals surface area contributed by atoms with Gasteiger partial charge in [0.05, 0.1) is 12.6 Å². The standard InChI is InChI=1S/C13H21F2N3/c1-3-17(2)10-12(9-16)5-8-18-7-4-6-13(14,15)11-18/h10H,3-8,11H2,1-2H3/b12-10-. The SMILES string of the molecule is CCN(C)/C=C(\C#N)CCN1CCCC(F)(F)C1. The number of hydrogen-bond acceptors (Lipinski definition) is 3. The molecule has 0 aromatic rings. The van der Waals surface area contributed by atoms with E-state index >= 15 is 0 Å². The molecule has 3 nitrogen and oxygen atoms in total. The number of alkyl halides is 2. The van der Waals surface area contributed by atoms with Crippen LogP contribution < -0.4 is 0 Å². The van der Waals surface area contributed by atoms with Gasteiger partial charge in [-0.15, -0.1) is 0 Å². The van der Waals surface area contributed by atoms with Crippen molar-refractivity contribution in [2.45, 2.75) is 32.1 Å². The Kier molecular flexibility index (Phi) is 5.54. The quantitative estimate of drug-likeness (QED) is 0.709. The van der Waals surface area contributed by atoms with Crippen LogP contribution in [-0.4, -0.2) is 48.9 Å². The lowest BCUT2D eigenvalue weighted by molar-refractivity contribution is -0.0634. The number of nitriles is 1. The molecule has 0 radical (unpaired) electrons. The van der Waals surface area contributed by atoms with E-state index in [0.717, 1.165) is 6.54 Å². The van der Waals surface area contributed by atoms with Crippen LogP contribution in [0.3, 0.4) is 0 Å². The normalized spacial score (nSPS) is 20.5. The maximum absolute atomic E-state index is 13.2. The van der Waals surface area contributed by atoms with E-state index in [2.05, 4.69) is 6.07 Å². The van der Waals surface area contributed by atoms with Gasteiger partial charge in [-0.1, -0.05) is 0 Å². The lowest BCUT2D eigenvalue weighted by atomic mass is 10.1. The van der Waals surface area contributed by atoms with Crippen molar-refractivity contribution in [1.29, 1.82) is 5.26 Å². The van der Waals surface area contributed by atoms with Gasteiger partial charge in [-0.25, -0.2) is 8.78 Å². The van der Waals surface area contributed by atoms with E-state index in [0.29, 0.717) is 31.5 Å². The highest BCUT2D eigenvalue weighted by Gasteiger charge is 2.34. The molecule has 0 aliphatic carbocycles. The molecule has 1 saturated heterocycles. The molecule has 0 aromatic heterocycles. The summed E-state index contributed by atoms with van der Waals surface area (Å²) in [5.74, 6) is -2.56. The largest absolute Gasteiger partial charge is 0.380 e. The first-order valence-electron chi connectivity index (χ1n) is 6.38. The number of halogens is 2. The third-order valence-electron chi connectivity index (χ3n) is 3.19. The second kappa shape index (κ2) is 6.69. The van der Waals surface area contributed by atoms with Crippen LogP contribution in [0.5, 0.6) is 0 Å². The van der Waals surface area contributed by atoms with Crippen molar-refractivity contribution in [3.05, 3.63) is 11.8 Å². The van der Waals surface area contributed by atoms with Crippen LogP contribution in [0.25, 0.3) is 0 Å². The number of rotatable bonds is 5. The summed E-state index contributed by atoms with van der Waals surface area (Å²) >= 11 is 0. The molecule has 0 N–H and O–H groups in total. The van der Waals surface area contributed by atoms with E-state index in [1.165, 1.54) is 0 Å². The average Bonchev–Trinajstić information content (AvgIpc) is 2.32. The minimum Gasteiger partial charge on any atom is -0.380 e. The molecule has 1 fully saturated rings. The molecule has 18 heavy (non-hydrogen) atoms. The summed E-state index contributed by atoms with van der Waals surface area (Å²) in [6.07, 6.45) is 2.86. The molecule has 0 saturated carbocycles. The Morgan fingerprint density at radius 2 is 2.28 bits per heavy atom. The molecule has 5 heteroatoms. The predicted octanol–water partition coefficient (Wildman–Crippen LogP) is 2.47. The van der Waals surface area contributed by atoms with Crippen molar-refractivity contribution in [2.24, 2.45) is 0 Å². The first kappa shape index (κ1) is 14.9. The third-order valence-corrected chi connectivity index (χ3v) is 3.19. The van der Waals surface area contributed by atoms with Gasteiger partial charge in [0.1, 0.15) is 0 Å². The van der Waals surface area contributed by atoms with E-state index in [-0.39, 0.29) is 13.0 Å². The molecule has 1 aliphatic heterocycles. The lowest BCUT2D eigenvalue weighted by Gasteiger charge is -2.32. The minimum atomic E-state index is -2.56. The van der Waals surface area contributed by atoms with Gasteiger partial charge in [0, 0.05) is 38.3 Å². The number of nitrogens with zero attached hydrogens (tertiary/aromatic N) is 3. The van der Waals surface area contributed by atoms with Gasteiger partial charge >= 0.3 is 0 Å². The van der Waals surface area contributed by atoms with Crippen molar-refractivity contribution in [1.82, 2.24) is 9.80 Å². The van der Waals surface area contributed by atoms with E-state index in [4.69, 9.17) is 5.26 Å². The fourth-order valence-corrected chi connectivity index (χ4v) is 2.02. The van der Waals surface area contributed by atoms with Crippen molar-refractivity contribution in [2.75, 3.05) is 33.2 Å². The molecule has 0 amide bonds. The summed E-state index contributed by atoms with van der Waals surface area (Å²) < 4.78 is 26.4. The van der Waals surface area contributed by atoms with Gasteiger partial charge in [-0.2, -0.15) is 5.26 Å². The van der Waals surface area contributed by atoms with E-state index < -0.39 is 5.92 Å². The number of hydrogen-bond donors (Lipinski definition) is 0. The van der Waals surface area contributed by atoms with Crippen LogP contribution in [0, 0.1) is 11.3 Å². The van der Waals surface area contributed by atoms with E-state index in [9.17, 15) is 8.78 Å². The van der Waals surface area contributed by atoms with Crippen molar-refractivity contribution < 1.29 is 8.78 Å². The Morgan fingerprint density at radius 1 is 1.56 bits per heavy atom. The molecular formula is C13H21F2N3. The number of likely N-dealkylation sites (tertiary alicyclic amines) is 1. The molecule has 0 spiro atoms. The van der Waals surface area contributed by atoms with Crippen LogP contribution in [0.2, 0.25) is 0 Å². The third kappa shape index (κ3) is 5.01. The molecule has 102 valence electrons. The Bertz CT molecular complexity index is 334. The maximum Gasteiger partial charge on any atom is 0.260 e. The molecule has 0 aromatic carbocycles. The van der Waals surface area contributed by atoms with Crippen LogP contribution in [0.1, 0.15) is 26.2 Å². The van der Waals surface area contributed by atoms with Crippen LogP contribution in [-0.2, 0) is 0 Å². The summed E-state index contributed by atoms with van der Waals surface area (Å²) in [6, 6.07) is 2.13. The highest BCUT2D eigenvalue weighted by molar-refractivity contribution is 5.20. The number of piperidine rings is 1. The highest BCUT2D eigenvalue weighted by atomic mass is 19.3. The Morgan fingerprint density at radius 3 is 2.83 bits per heavy atom. The minimum absolute atomic E-state index is 0.0109. The van der Waals surface area contributed by atoms with Gasteiger partial charge < -0.3 is 4.90 Å². The van der Waals surface area contributed by atoms with E-state index in [1.54, 1.807) is 11.1 Å². The van der Waals surface area contributed by atoms with Crippen molar-refractivity contribution in [3.8, 4) is 6.07 Å². The fraction of sp³-hybridized carbons (Fsp3) is 0.769. The molecule has 0 bridgehead atoms. The van der Waals surface area contributed by atoms with Crippen molar-refractivity contribution in [3.63, 3.8) is 0 Å². The summed E-state index contributed by atoms with van der Waals surface area (Å²) in [5, 5.41) is 8.99. The maximum atomic E-state index is 13.2. The molecular weight excluding hydrogens is 236 g/mol. The van der Waals surface area contributed by atoms with Gasteiger partial charge in [0.25, 0.3) is 5.92 Å². The summed E-state index contributed by atoms with van der Waals surface area (Å²) in [6.45, 7) is 3.89. The summed E-state index contributed by atoms with van der Waals surface area (Å²) in [5.41, 5.74) is 0.647. The zero-order valence-electron chi connectivity index (χ0n) is 11.1. The molecule has 1 rings (SSSR count). The molecule has 0 atom stereocenters.